The summed E-state index contributed by atoms with van der Waals surface area (Å²) in [5.74, 6) is 0.954. The van der Waals surface area contributed by atoms with Gasteiger partial charge in [0.15, 0.2) is 0 Å². The average Bonchev–Trinajstić information content (AvgIpc) is 3.09. The Bertz CT molecular complexity index is 740. The molecule has 0 atom stereocenters. The average molecular weight is 324 g/mol. The van der Waals surface area contributed by atoms with Gasteiger partial charge in [0.25, 0.3) is 0 Å². The van der Waals surface area contributed by atoms with Gasteiger partial charge in [-0.05, 0) is 30.2 Å². The van der Waals surface area contributed by atoms with Crippen molar-refractivity contribution in [3.8, 4) is 16.2 Å². The van der Waals surface area contributed by atoms with E-state index < -0.39 is 0 Å². The number of benzene rings is 2. The van der Waals surface area contributed by atoms with Crippen LogP contribution in [0.5, 0.6) is 5.75 Å². The van der Waals surface area contributed by atoms with Crippen molar-refractivity contribution >= 4 is 11.3 Å². The second-order valence-electron chi connectivity index (χ2n) is 5.22. The highest BCUT2D eigenvalue weighted by atomic mass is 32.1. The van der Waals surface area contributed by atoms with Crippen molar-refractivity contribution in [3.63, 3.8) is 0 Å². The summed E-state index contributed by atoms with van der Waals surface area (Å²) in [4.78, 5) is 5.72. The van der Waals surface area contributed by atoms with Crippen LogP contribution in [0.4, 0.5) is 0 Å². The topological polar surface area (TPSA) is 34.1 Å². The molecule has 0 aliphatic carbocycles. The van der Waals surface area contributed by atoms with Gasteiger partial charge in [-0.25, -0.2) is 4.98 Å². The van der Waals surface area contributed by atoms with Gasteiger partial charge in [-0.15, -0.1) is 11.3 Å². The molecular formula is C19H20N2OS. The summed E-state index contributed by atoms with van der Waals surface area (Å²) >= 11 is 1.74. The molecule has 0 radical (unpaired) electrons. The van der Waals surface area contributed by atoms with Gasteiger partial charge >= 0.3 is 0 Å². The molecule has 3 nitrogen and oxygen atoms in total. The van der Waals surface area contributed by atoms with Crippen LogP contribution in [0.3, 0.4) is 0 Å². The van der Waals surface area contributed by atoms with Crippen molar-refractivity contribution in [3.05, 3.63) is 71.4 Å². The monoisotopic (exact) mass is 324 g/mol. The number of aromatic nitrogens is 1. The second kappa shape index (κ2) is 7.90. The highest BCUT2D eigenvalue weighted by Crippen LogP contribution is 2.25. The molecule has 0 amide bonds. The molecule has 4 heteroatoms. The van der Waals surface area contributed by atoms with Gasteiger partial charge in [0.1, 0.15) is 10.8 Å². The third kappa shape index (κ3) is 4.18. The summed E-state index contributed by atoms with van der Waals surface area (Å²) in [7, 11) is 1.72. The third-order valence-corrected chi connectivity index (χ3v) is 4.70. The van der Waals surface area contributed by atoms with Crippen molar-refractivity contribution in [1.82, 2.24) is 10.3 Å². The van der Waals surface area contributed by atoms with Gasteiger partial charge in [-0.3, -0.25) is 0 Å². The lowest BCUT2D eigenvalue weighted by molar-refractivity contribution is 0.409. The zero-order valence-electron chi connectivity index (χ0n) is 13.2. The minimum atomic E-state index is 0.798. The van der Waals surface area contributed by atoms with Crippen molar-refractivity contribution in [1.29, 1.82) is 0 Å². The fourth-order valence-electron chi connectivity index (χ4n) is 2.46. The highest BCUT2D eigenvalue weighted by Gasteiger charge is 2.05. The Balaban J connectivity index is 1.51. The summed E-state index contributed by atoms with van der Waals surface area (Å²) in [6, 6.07) is 18.5. The number of ether oxygens (including phenoxy) is 1. The van der Waals surface area contributed by atoms with Crippen LogP contribution in [-0.2, 0) is 13.0 Å². The van der Waals surface area contributed by atoms with Gasteiger partial charge in [-0.2, -0.15) is 0 Å². The lowest BCUT2D eigenvalue weighted by Crippen LogP contribution is -2.16. The van der Waals surface area contributed by atoms with Crippen molar-refractivity contribution in [2.75, 3.05) is 13.7 Å². The molecule has 0 saturated carbocycles. The van der Waals surface area contributed by atoms with Crippen LogP contribution in [-0.4, -0.2) is 18.6 Å². The molecule has 1 heterocycles. The largest absolute Gasteiger partial charge is 0.496 e. The van der Waals surface area contributed by atoms with Crippen molar-refractivity contribution in [2.24, 2.45) is 0 Å². The quantitative estimate of drug-likeness (QED) is 0.663. The van der Waals surface area contributed by atoms with Crippen LogP contribution in [0.2, 0.25) is 0 Å². The summed E-state index contributed by atoms with van der Waals surface area (Å²) < 4.78 is 5.37. The zero-order chi connectivity index (χ0) is 15.9. The molecule has 3 aromatic rings. The van der Waals surface area contributed by atoms with Crippen molar-refractivity contribution < 1.29 is 4.74 Å². The third-order valence-electron chi connectivity index (χ3n) is 3.65. The van der Waals surface area contributed by atoms with Gasteiger partial charge in [0.2, 0.25) is 0 Å². The maximum Gasteiger partial charge on any atom is 0.122 e. The lowest BCUT2D eigenvalue weighted by atomic mass is 10.1. The molecule has 0 aliphatic rings. The molecule has 0 spiro atoms. The smallest absolute Gasteiger partial charge is 0.122 e. The Morgan fingerprint density at radius 1 is 1.04 bits per heavy atom. The molecule has 23 heavy (non-hydrogen) atoms. The summed E-state index contributed by atoms with van der Waals surface area (Å²) in [6.45, 7) is 1.70. The first-order chi connectivity index (χ1) is 11.4. The SMILES string of the molecule is COc1ccccc1CCNCc1ncc(-c2ccccc2)s1. The first kappa shape index (κ1) is 15.7. The molecule has 1 aromatic heterocycles. The van der Waals surface area contributed by atoms with E-state index in [1.807, 2.05) is 30.5 Å². The number of nitrogens with zero attached hydrogens (tertiary/aromatic N) is 1. The summed E-state index contributed by atoms with van der Waals surface area (Å²) in [5.41, 5.74) is 2.46. The predicted octanol–water partition coefficient (Wildman–Crippen LogP) is 4.15. The molecule has 118 valence electrons. The number of para-hydroxylation sites is 1. The van der Waals surface area contributed by atoms with Crippen LogP contribution in [0.1, 0.15) is 10.6 Å². The Hall–Kier alpha value is -2.17. The Morgan fingerprint density at radius 2 is 1.83 bits per heavy atom. The number of methoxy groups -OCH3 is 1. The molecule has 0 unspecified atom stereocenters. The first-order valence-electron chi connectivity index (χ1n) is 7.69. The van der Waals surface area contributed by atoms with Crippen LogP contribution in [0.15, 0.2) is 60.8 Å². The van der Waals surface area contributed by atoms with Crippen LogP contribution in [0.25, 0.3) is 10.4 Å². The van der Waals surface area contributed by atoms with Gasteiger partial charge in [-0.1, -0.05) is 48.5 Å². The zero-order valence-corrected chi connectivity index (χ0v) is 14.0. The number of rotatable bonds is 7. The second-order valence-corrected chi connectivity index (χ2v) is 6.34. The predicted molar refractivity (Wildman–Crippen MR) is 96.0 cm³/mol. The Morgan fingerprint density at radius 3 is 2.65 bits per heavy atom. The van der Waals surface area contributed by atoms with Crippen LogP contribution < -0.4 is 10.1 Å². The van der Waals surface area contributed by atoms with Gasteiger partial charge in [0, 0.05) is 12.7 Å². The fraction of sp³-hybridized carbons (Fsp3) is 0.211. The van der Waals surface area contributed by atoms with E-state index in [4.69, 9.17) is 4.74 Å². The van der Waals surface area contributed by atoms with E-state index in [9.17, 15) is 0 Å². The van der Waals surface area contributed by atoms with E-state index in [0.717, 1.165) is 30.3 Å². The summed E-state index contributed by atoms with van der Waals surface area (Å²) in [6.07, 6.45) is 2.90. The van der Waals surface area contributed by atoms with E-state index in [1.165, 1.54) is 16.0 Å². The number of hydrogen-bond acceptors (Lipinski definition) is 4. The molecule has 0 bridgehead atoms. The van der Waals surface area contributed by atoms with Crippen LogP contribution in [0, 0.1) is 0 Å². The van der Waals surface area contributed by atoms with E-state index in [-0.39, 0.29) is 0 Å². The van der Waals surface area contributed by atoms with E-state index in [0.29, 0.717) is 0 Å². The normalized spacial score (nSPS) is 10.7. The Labute approximate surface area is 141 Å². The van der Waals surface area contributed by atoms with Gasteiger partial charge in [0.05, 0.1) is 12.0 Å². The minimum Gasteiger partial charge on any atom is -0.496 e. The van der Waals surface area contributed by atoms with E-state index in [2.05, 4.69) is 40.6 Å². The number of hydrogen-bond donors (Lipinski definition) is 1. The molecular weight excluding hydrogens is 304 g/mol. The molecule has 3 rings (SSSR count). The molecule has 2 aromatic carbocycles. The molecule has 0 aliphatic heterocycles. The molecule has 0 fully saturated rings. The summed E-state index contributed by atoms with van der Waals surface area (Å²) in [5, 5.41) is 4.57. The maximum atomic E-state index is 5.37. The number of thiazole rings is 1. The standard InChI is InChI=1S/C19H20N2OS/c1-22-17-10-6-5-7-15(17)11-12-20-14-19-21-13-18(23-19)16-8-3-2-4-9-16/h2-10,13,20H,11-12,14H2,1H3. The number of nitrogens with one attached hydrogen (secondary N) is 1. The first-order valence-corrected chi connectivity index (χ1v) is 8.51. The minimum absolute atomic E-state index is 0.798. The molecule has 1 N–H and O–H groups in total. The van der Waals surface area contributed by atoms with E-state index >= 15 is 0 Å². The van der Waals surface area contributed by atoms with E-state index in [1.54, 1.807) is 18.4 Å². The van der Waals surface area contributed by atoms with Crippen LogP contribution >= 0.6 is 11.3 Å². The lowest BCUT2D eigenvalue weighted by Gasteiger charge is -2.08. The Kier molecular flexibility index (Phi) is 5.40. The highest BCUT2D eigenvalue weighted by molar-refractivity contribution is 7.15. The van der Waals surface area contributed by atoms with Crippen molar-refractivity contribution in [2.45, 2.75) is 13.0 Å². The maximum absolute atomic E-state index is 5.37. The fourth-order valence-corrected chi connectivity index (χ4v) is 3.35. The molecule has 0 saturated heterocycles. The van der Waals surface area contributed by atoms with Gasteiger partial charge < -0.3 is 10.1 Å².